The van der Waals surface area contributed by atoms with Crippen LogP contribution in [0.5, 0.6) is 0 Å². The molecule has 50 valence electrons. The lowest BCUT2D eigenvalue weighted by molar-refractivity contribution is 0.154. The van der Waals surface area contributed by atoms with Gasteiger partial charge in [0.1, 0.15) is 0 Å². The van der Waals surface area contributed by atoms with Crippen LogP contribution in [0.25, 0.3) is 0 Å². The van der Waals surface area contributed by atoms with Gasteiger partial charge in [0.25, 0.3) is 0 Å². The molecule has 0 saturated heterocycles. The molecular formula is C6H15NO. The molecule has 0 heterocycles. The van der Waals surface area contributed by atoms with Gasteiger partial charge >= 0.3 is 0 Å². The van der Waals surface area contributed by atoms with Gasteiger partial charge in [-0.3, -0.25) is 0 Å². The van der Waals surface area contributed by atoms with E-state index in [9.17, 15) is 0 Å². The maximum atomic E-state index is 8.89. The number of aliphatic hydroxyl groups excluding tert-OH is 1. The number of likely N-dealkylation sites (N-methyl/N-ethyl adjacent to an activating group) is 1. The van der Waals surface area contributed by atoms with Crippen molar-refractivity contribution in [2.45, 2.75) is 32.9 Å². The molecule has 0 aliphatic carbocycles. The molecule has 0 rings (SSSR count). The first kappa shape index (κ1) is 7.92. The van der Waals surface area contributed by atoms with E-state index in [1.54, 1.807) is 6.92 Å². The van der Waals surface area contributed by atoms with Crippen molar-refractivity contribution in [1.29, 1.82) is 0 Å². The van der Waals surface area contributed by atoms with Crippen molar-refractivity contribution in [3.05, 3.63) is 0 Å². The van der Waals surface area contributed by atoms with E-state index in [0.717, 1.165) is 6.54 Å². The number of nitrogens with one attached hydrogen (secondary N) is 1. The molecule has 0 amide bonds. The van der Waals surface area contributed by atoms with E-state index in [1.165, 1.54) is 0 Å². The van der Waals surface area contributed by atoms with Crippen LogP contribution in [0.2, 0.25) is 0 Å². The first-order valence-electron chi connectivity index (χ1n) is 3.10. The van der Waals surface area contributed by atoms with Gasteiger partial charge in [-0.15, -0.1) is 0 Å². The molecule has 0 aliphatic heterocycles. The highest BCUT2D eigenvalue weighted by Crippen LogP contribution is 1.87. The molecule has 8 heavy (non-hydrogen) atoms. The van der Waals surface area contributed by atoms with Crippen LogP contribution < -0.4 is 5.32 Å². The highest BCUT2D eigenvalue weighted by atomic mass is 16.3. The van der Waals surface area contributed by atoms with Gasteiger partial charge in [-0.25, -0.2) is 0 Å². The summed E-state index contributed by atoms with van der Waals surface area (Å²) < 4.78 is 0. The van der Waals surface area contributed by atoms with E-state index in [0.29, 0.717) is 0 Å². The van der Waals surface area contributed by atoms with E-state index >= 15 is 0 Å². The van der Waals surface area contributed by atoms with Crippen molar-refractivity contribution < 1.29 is 5.11 Å². The topological polar surface area (TPSA) is 32.3 Å². The van der Waals surface area contributed by atoms with Crippen molar-refractivity contribution >= 4 is 0 Å². The van der Waals surface area contributed by atoms with Gasteiger partial charge in [0.2, 0.25) is 0 Å². The van der Waals surface area contributed by atoms with Crippen LogP contribution in [0, 0.1) is 0 Å². The molecule has 0 aromatic rings. The molecule has 2 nitrogen and oxygen atoms in total. The summed E-state index contributed by atoms with van der Waals surface area (Å²) in [6.45, 7) is 6.70. The highest BCUT2D eigenvalue weighted by Gasteiger charge is 2.04. The molecule has 0 aliphatic rings. The van der Waals surface area contributed by atoms with E-state index in [-0.39, 0.29) is 12.1 Å². The molecule has 0 spiro atoms. The molecule has 0 aromatic carbocycles. The Labute approximate surface area is 50.9 Å². The lowest BCUT2D eigenvalue weighted by Gasteiger charge is -2.14. The predicted molar refractivity (Wildman–Crippen MR) is 34.8 cm³/mol. The van der Waals surface area contributed by atoms with E-state index in [2.05, 4.69) is 5.32 Å². The number of aliphatic hydroxyl groups is 1. The van der Waals surface area contributed by atoms with Crippen molar-refractivity contribution in [2.75, 3.05) is 6.54 Å². The minimum atomic E-state index is -0.241. The van der Waals surface area contributed by atoms with Gasteiger partial charge in [-0.2, -0.15) is 0 Å². The van der Waals surface area contributed by atoms with Crippen molar-refractivity contribution in [3.8, 4) is 0 Å². The summed E-state index contributed by atoms with van der Waals surface area (Å²) in [5, 5.41) is 12.0. The number of rotatable bonds is 3. The summed E-state index contributed by atoms with van der Waals surface area (Å²) in [6.07, 6.45) is -0.241. The first-order chi connectivity index (χ1) is 3.68. The molecule has 2 heteroatoms. The molecule has 0 radical (unpaired) electrons. The second-order valence-corrected chi connectivity index (χ2v) is 2.09. The van der Waals surface area contributed by atoms with Crippen LogP contribution in [0.15, 0.2) is 0 Å². The molecule has 0 saturated carbocycles. The molecule has 2 atom stereocenters. The Morgan fingerprint density at radius 3 is 2.12 bits per heavy atom. The fraction of sp³-hybridized carbons (Fsp3) is 1.00. The minimum absolute atomic E-state index is 0.222. The quantitative estimate of drug-likeness (QED) is 0.559. The van der Waals surface area contributed by atoms with Gasteiger partial charge < -0.3 is 10.4 Å². The third kappa shape index (κ3) is 2.99. The smallest absolute Gasteiger partial charge is 0.0662 e. The number of hydrogen-bond donors (Lipinski definition) is 2. The molecule has 0 fully saturated rings. The van der Waals surface area contributed by atoms with Crippen LogP contribution in [0.3, 0.4) is 0 Å². The van der Waals surface area contributed by atoms with Crippen molar-refractivity contribution in [1.82, 2.24) is 5.32 Å². The summed E-state index contributed by atoms with van der Waals surface area (Å²) in [5.74, 6) is 0. The second kappa shape index (κ2) is 3.87. The SMILES string of the molecule is CCN[C@@H](C)[C@@H](C)O. The van der Waals surface area contributed by atoms with Crippen molar-refractivity contribution in [3.63, 3.8) is 0 Å². The summed E-state index contributed by atoms with van der Waals surface area (Å²) >= 11 is 0. The minimum Gasteiger partial charge on any atom is -0.392 e. The fourth-order valence-corrected chi connectivity index (χ4v) is 0.493. The monoisotopic (exact) mass is 117 g/mol. The van der Waals surface area contributed by atoms with Crippen LogP contribution in [-0.2, 0) is 0 Å². The van der Waals surface area contributed by atoms with Crippen LogP contribution >= 0.6 is 0 Å². The average Bonchev–Trinajstić information content (AvgIpc) is 1.67. The van der Waals surface area contributed by atoms with Gasteiger partial charge in [0.15, 0.2) is 0 Å². The average molecular weight is 117 g/mol. The predicted octanol–water partition coefficient (Wildman–Crippen LogP) is 0.365. The standard InChI is InChI=1S/C6H15NO/c1-4-7-5(2)6(3)8/h5-8H,4H2,1-3H3/t5-,6+/m0/s1. The lowest BCUT2D eigenvalue weighted by Crippen LogP contribution is -2.35. The van der Waals surface area contributed by atoms with Gasteiger partial charge in [-0.1, -0.05) is 6.92 Å². The molecule has 0 bridgehead atoms. The Morgan fingerprint density at radius 1 is 1.50 bits per heavy atom. The summed E-state index contributed by atoms with van der Waals surface area (Å²) in [4.78, 5) is 0. The third-order valence-corrected chi connectivity index (χ3v) is 1.25. The van der Waals surface area contributed by atoms with Crippen molar-refractivity contribution in [2.24, 2.45) is 0 Å². The second-order valence-electron chi connectivity index (χ2n) is 2.09. The highest BCUT2D eigenvalue weighted by molar-refractivity contribution is 4.63. The molecular weight excluding hydrogens is 102 g/mol. The van der Waals surface area contributed by atoms with Crippen LogP contribution in [-0.4, -0.2) is 23.8 Å². The Bertz CT molecular complexity index is 54.5. The number of hydrogen-bond acceptors (Lipinski definition) is 2. The largest absolute Gasteiger partial charge is 0.392 e. The van der Waals surface area contributed by atoms with E-state index in [1.807, 2.05) is 13.8 Å². The Hall–Kier alpha value is -0.0800. The maximum Gasteiger partial charge on any atom is 0.0662 e. The summed E-state index contributed by atoms with van der Waals surface area (Å²) in [6, 6.07) is 0.222. The zero-order valence-electron chi connectivity index (χ0n) is 5.81. The van der Waals surface area contributed by atoms with Gasteiger partial charge in [0.05, 0.1) is 6.10 Å². The van der Waals surface area contributed by atoms with E-state index in [4.69, 9.17) is 5.11 Å². The Morgan fingerprint density at radius 2 is 2.00 bits per heavy atom. The molecule has 0 unspecified atom stereocenters. The Balaban J connectivity index is 3.17. The van der Waals surface area contributed by atoms with Crippen LogP contribution in [0.1, 0.15) is 20.8 Å². The lowest BCUT2D eigenvalue weighted by atomic mass is 10.2. The first-order valence-corrected chi connectivity index (χ1v) is 3.10. The van der Waals surface area contributed by atoms with Gasteiger partial charge in [0, 0.05) is 6.04 Å². The fourth-order valence-electron chi connectivity index (χ4n) is 0.493. The normalized spacial score (nSPS) is 18.0. The molecule has 0 aromatic heterocycles. The maximum absolute atomic E-state index is 8.89. The van der Waals surface area contributed by atoms with Gasteiger partial charge in [-0.05, 0) is 20.4 Å². The summed E-state index contributed by atoms with van der Waals surface area (Å²) in [5.41, 5.74) is 0. The Kier molecular flexibility index (Phi) is 3.83. The third-order valence-electron chi connectivity index (χ3n) is 1.25. The molecule has 2 N–H and O–H groups in total. The van der Waals surface area contributed by atoms with E-state index < -0.39 is 0 Å². The zero-order chi connectivity index (χ0) is 6.57. The van der Waals surface area contributed by atoms with Crippen LogP contribution in [0.4, 0.5) is 0 Å². The zero-order valence-corrected chi connectivity index (χ0v) is 5.81. The summed E-state index contributed by atoms with van der Waals surface area (Å²) in [7, 11) is 0.